The number of ether oxygens (including phenoxy) is 1. The van der Waals surface area contributed by atoms with Crippen LogP contribution >= 0.6 is 0 Å². The van der Waals surface area contributed by atoms with Crippen LogP contribution in [0.25, 0.3) is 0 Å². The summed E-state index contributed by atoms with van der Waals surface area (Å²) in [7, 11) is 3.54. The molecule has 0 aliphatic carbocycles. The Morgan fingerprint density at radius 2 is 2.05 bits per heavy atom. The van der Waals surface area contributed by atoms with Crippen LogP contribution in [0.2, 0.25) is 0 Å². The molecule has 0 radical (unpaired) electrons. The first-order valence-electron chi connectivity index (χ1n) is 6.52. The summed E-state index contributed by atoms with van der Waals surface area (Å²) < 4.78 is 5.34. The molecule has 2 aromatic rings. The van der Waals surface area contributed by atoms with E-state index in [0.717, 1.165) is 23.3 Å². The van der Waals surface area contributed by atoms with E-state index < -0.39 is 0 Å². The number of carbonyl (C=O) groups excluding carboxylic acids is 1. The highest BCUT2D eigenvalue weighted by atomic mass is 16.5. The van der Waals surface area contributed by atoms with Crippen LogP contribution in [0.15, 0.2) is 42.5 Å². The monoisotopic (exact) mass is 280 g/mol. The van der Waals surface area contributed by atoms with Gasteiger partial charge in [-0.1, -0.05) is 18.2 Å². The quantitative estimate of drug-likeness (QED) is 0.790. The molecule has 2 aromatic carbocycles. The normalized spacial score (nSPS) is 9.76. The first-order chi connectivity index (χ1) is 10.2. The van der Waals surface area contributed by atoms with Gasteiger partial charge in [-0.05, 0) is 24.3 Å². The van der Waals surface area contributed by atoms with E-state index in [1.165, 1.54) is 0 Å². The van der Waals surface area contributed by atoms with Crippen LogP contribution in [-0.2, 0) is 6.54 Å². The lowest BCUT2D eigenvalue weighted by atomic mass is 10.1. The highest BCUT2D eigenvalue weighted by Gasteiger charge is 2.11. The lowest BCUT2D eigenvalue weighted by molar-refractivity contribution is 0.112. The number of hydrogen-bond donors (Lipinski definition) is 0. The summed E-state index contributed by atoms with van der Waals surface area (Å²) in [5.41, 5.74) is 2.80. The van der Waals surface area contributed by atoms with Gasteiger partial charge in [0.05, 0.1) is 18.4 Å². The fourth-order valence-corrected chi connectivity index (χ4v) is 2.22. The molecule has 0 saturated carbocycles. The Labute approximate surface area is 124 Å². The van der Waals surface area contributed by atoms with Crippen molar-refractivity contribution in [3.05, 3.63) is 59.2 Å². The highest BCUT2D eigenvalue weighted by Crippen LogP contribution is 2.25. The van der Waals surface area contributed by atoms with Crippen LogP contribution in [-0.4, -0.2) is 20.4 Å². The Hall–Kier alpha value is -2.80. The second-order valence-electron chi connectivity index (χ2n) is 4.67. The topological polar surface area (TPSA) is 53.3 Å². The van der Waals surface area contributed by atoms with Crippen molar-refractivity contribution in [3.8, 4) is 11.8 Å². The molecule has 4 nitrogen and oxygen atoms in total. The first-order valence-corrected chi connectivity index (χ1v) is 6.52. The first kappa shape index (κ1) is 14.6. The minimum atomic E-state index is 0.483. The van der Waals surface area contributed by atoms with E-state index in [0.29, 0.717) is 17.7 Å². The number of nitriles is 1. The van der Waals surface area contributed by atoms with E-state index in [4.69, 9.17) is 4.74 Å². The molecule has 0 fully saturated rings. The van der Waals surface area contributed by atoms with Crippen molar-refractivity contribution in [2.24, 2.45) is 0 Å². The molecule has 21 heavy (non-hydrogen) atoms. The van der Waals surface area contributed by atoms with Crippen molar-refractivity contribution in [3.63, 3.8) is 0 Å². The van der Waals surface area contributed by atoms with E-state index >= 15 is 0 Å². The molecule has 0 saturated heterocycles. The molecule has 4 heteroatoms. The van der Waals surface area contributed by atoms with Gasteiger partial charge in [0.15, 0.2) is 0 Å². The molecule has 0 aliphatic rings. The van der Waals surface area contributed by atoms with Gasteiger partial charge in [0.25, 0.3) is 0 Å². The van der Waals surface area contributed by atoms with Crippen LogP contribution in [0.1, 0.15) is 21.5 Å². The third kappa shape index (κ3) is 3.21. The predicted molar refractivity (Wildman–Crippen MR) is 81.6 cm³/mol. The second kappa shape index (κ2) is 6.58. The van der Waals surface area contributed by atoms with Crippen LogP contribution in [0.3, 0.4) is 0 Å². The third-order valence-electron chi connectivity index (χ3n) is 3.29. The van der Waals surface area contributed by atoms with E-state index in [2.05, 4.69) is 6.07 Å². The Balaban J connectivity index is 2.30. The summed E-state index contributed by atoms with van der Waals surface area (Å²) >= 11 is 0. The molecule has 0 heterocycles. The Morgan fingerprint density at radius 1 is 1.29 bits per heavy atom. The number of carbonyl (C=O) groups is 1. The van der Waals surface area contributed by atoms with Crippen molar-refractivity contribution >= 4 is 12.0 Å². The molecule has 0 unspecified atom stereocenters. The Morgan fingerprint density at radius 3 is 2.71 bits per heavy atom. The number of para-hydroxylation sites is 1. The van der Waals surface area contributed by atoms with Crippen molar-refractivity contribution in [1.29, 1.82) is 5.26 Å². The van der Waals surface area contributed by atoms with E-state index in [1.807, 2.05) is 36.2 Å². The highest BCUT2D eigenvalue weighted by molar-refractivity contribution is 5.78. The maximum absolute atomic E-state index is 10.8. The average Bonchev–Trinajstić information content (AvgIpc) is 2.54. The maximum Gasteiger partial charge on any atom is 0.150 e. The predicted octanol–water partition coefficient (Wildman–Crippen LogP) is 3.02. The number of benzene rings is 2. The fourth-order valence-electron chi connectivity index (χ4n) is 2.22. The molecular weight excluding hydrogens is 264 g/mol. The van der Waals surface area contributed by atoms with Gasteiger partial charge in [0, 0.05) is 24.7 Å². The lowest BCUT2D eigenvalue weighted by Gasteiger charge is -2.22. The summed E-state index contributed by atoms with van der Waals surface area (Å²) in [5.74, 6) is 0.812. The number of anilines is 1. The molecule has 0 aromatic heterocycles. The summed E-state index contributed by atoms with van der Waals surface area (Å²) in [4.78, 5) is 12.8. The SMILES string of the molecule is COc1ccccc1CN(C)c1ccc(C=O)cc1C#N. The van der Waals surface area contributed by atoms with E-state index in [-0.39, 0.29) is 0 Å². The van der Waals surface area contributed by atoms with Gasteiger partial charge in [-0.25, -0.2) is 0 Å². The van der Waals surface area contributed by atoms with E-state index in [1.54, 1.807) is 25.3 Å². The third-order valence-corrected chi connectivity index (χ3v) is 3.29. The van der Waals surface area contributed by atoms with Crippen LogP contribution in [0.4, 0.5) is 5.69 Å². The Kier molecular flexibility index (Phi) is 4.57. The largest absolute Gasteiger partial charge is 0.496 e. The standard InChI is InChI=1S/C17H16N2O2/c1-19(11-14-5-3-4-6-17(14)21-2)16-8-7-13(12-20)9-15(16)10-18/h3-9,12H,11H2,1-2H3. The summed E-state index contributed by atoms with van der Waals surface area (Å²) in [6.45, 7) is 0.610. The average molecular weight is 280 g/mol. The molecule has 106 valence electrons. The molecule has 0 aliphatic heterocycles. The molecule has 0 spiro atoms. The number of methoxy groups -OCH3 is 1. The smallest absolute Gasteiger partial charge is 0.150 e. The van der Waals surface area contributed by atoms with Gasteiger partial charge in [0.2, 0.25) is 0 Å². The minimum absolute atomic E-state index is 0.483. The van der Waals surface area contributed by atoms with Gasteiger partial charge >= 0.3 is 0 Å². The van der Waals surface area contributed by atoms with Gasteiger partial charge in [-0.3, -0.25) is 4.79 Å². The Bertz CT molecular complexity index is 689. The minimum Gasteiger partial charge on any atom is -0.496 e. The van der Waals surface area contributed by atoms with Crippen LogP contribution < -0.4 is 9.64 Å². The summed E-state index contributed by atoms with van der Waals surface area (Å²) in [5, 5.41) is 9.24. The summed E-state index contributed by atoms with van der Waals surface area (Å²) in [6, 6.07) is 15.0. The van der Waals surface area contributed by atoms with Crippen molar-refractivity contribution in [2.45, 2.75) is 6.54 Å². The molecule has 0 bridgehead atoms. The van der Waals surface area contributed by atoms with Crippen molar-refractivity contribution in [2.75, 3.05) is 19.1 Å². The maximum atomic E-state index is 10.8. The number of aldehydes is 1. The zero-order valence-corrected chi connectivity index (χ0v) is 12.0. The van der Waals surface area contributed by atoms with E-state index in [9.17, 15) is 10.1 Å². The molecule has 0 N–H and O–H groups in total. The van der Waals surface area contributed by atoms with Gasteiger partial charge < -0.3 is 9.64 Å². The van der Waals surface area contributed by atoms with Gasteiger partial charge in [-0.15, -0.1) is 0 Å². The lowest BCUT2D eigenvalue weighted by Crippen LogP contribution is -2.18. The second-order valence-corrected chi connectivity index (χ2v) is 4.67. The van der Waals surface area contributed by atoms with Crippen molar-refractivity contribution < 1.29 is 9.53 Å². The number of nitrogens with zero attached hydrogens (tertiary/aromatic N) is 2. The zero-order valence-electron chi connectivity index (χ0n) is 12.0. The fraction of sp³-hybridized carbons (Fsp3) is 0.176. The van der Waals surface area contributed by atoms with Gasteiger partial charge in [0.1, 0.15) is 18.1 Å². The van der Waals surface area contributed by atoms with Gasteiger partial charge in [-0.2, -0.15) is 5.26 Å². The molecular formula is C17H16N2O2. The number of hydrogen-bond acceptors (Lipinski definition) is 4. The van der Waals surface area contributed by atoms with Crippen molar-refractivity contribution in [1.82, 2.24) is 0 Å². The number of rotatable bonds is 5. The molecule has 0 amide bonds. The summed E-state index contributed by atoms with van der Waals surface area (Å²) in [6.07, 6.45) is 0.741. The van der Waals surface area contributed by atoms with Crippen LogP contribution in [0, 0.1) is 11.3 Å². The molecule has 0 atom stereocenters. The zero-order chi connectivity index (χ0) is 15.2. The molecule has 2 rings (SSSR count). The van der Waals surface area contributed by atoms with Crippen LogP contribution in [0.5, 0.6) is 5.75 Å².